The van der Waals surface area contributed by atoms with E-state index in [1.165, 1.54) is 12.4 Å². The molecule has 4 N–H and O–H groups in total. The number of hydrogen-bond acceptors (Lipinski definition) is 6. The third-order valence-corrected chi connectivity index (χ3v) is 3.85. The van der Waals surface area contributed by atoms with Crippen LogP contribution >= 0.6 is 11.6 Å². The first-order valence-corrected chi connectivity index (χ1v) is 7.54. The van der Waals surface area contributed by atoms with Crippen molar-refractivity contribution in [2.24, 2.45) is 0 Å². The number of hydrazine groups is 1. The molecular formula is C15H14ClN5O3. The standard InChI is InChI=1S/C15H14ClN5O3/c16-9-3-1-8(2-4-9)10-7-11(21-20-10)19-14(22)12-13(15(23)24)18-6-5-17-12/h1-6,10-11,20-21H,7H2,(H,19,22)(H,23,24). The molecule has 2 unspecified atom stereocenters. The average Bonchev–Trinajstić information content (AvgIpc) is 3.04. The maximum atomic E-state index is 12.3. The van der Waals surface area contributed by atoms with Crippen molar-refractivity contribution in [2.75, 3.05) is 0 Å². The minimum atomic E-state index is -1.30. The molecule has 1 aliphatic heterocycles. The van der Waals surface area contributed by atoms with Gasteiger partial charge < -0.3 is 10.4 Å². The van der Waals surface area contributed by atoms with Crippen LogP contribution in [0.4, 0.5) is 0 Å². The van der Waals surface area contributed by atoms with Crippen LogP contribution in [-0.4, -0.2) is 33.1 Å². The van der Waals surface area contributed by atoms with Crippen molar-refractivity contribution in [3.63, 3.8) is 0 Å². The SMILES string of the molecule is O=C(O)c1nccnc1C(=O)NC1CC(c2ccc(Cl)cc2)NN1. The number of amides is 1. The highest BCUT2D eigenvalue weighted by Crippen LogP contribution is 2.22. The predicted molar refractivity (Wildman–Crippen MR) is 85.3 cm³/mol. The lowest BCUT2D eigenvalue weighted by atomic mass is 10.0. The first-order chi connectivity index (χ1) is 11.5. The zero-order chi connectivity index (χ0) is 17.1. The van der Waals surface area contributed by atoms with Crippen molar-refractivity contribution < 1.29 is 14.7 Å². The minimum absolute atomic E-state index is 0.00614. The second kappa shape index (κ2) is 6.91. The normalized spacial score (nSPS) is 19.9. The summed E-state index contributed by atoms with van der Waals surface area (Å²) < 4.78 is 0. The van der Waals surface area contributed by atoms with Gasteiger partial charge in [-0.05, 0) is 17.7 Å². The van der Waals surface area contributed by atoms with Crippen LogP contribution in [0.2, 0.25) is 5.02 Å². The summed E-state index contributed by atoms with van der Waals surface area (Å²) in [6.45, 7) is 0. The fraction of sp³-hybridized carbons (Fsp3) is 0.200. The Morgan fingerprint density at radius 1 is 1.12 bits per heavy atom. The third-order valence-electron chi connectivity index (χ3n) is 3.60. The molecule has 0 aliphatic carbocycles. The molecule has 1 aromatic heterocycles. The van der Waals surface area contributed by atoms with Gasteiger partial charge in [0.25, 0.3) is 5.91 Å². The summed E-state index contributed by atoms with van der Waals surface area (Å²) in [6.07, 6.45) is 2.71. The molecule has 1 saturated heterocycles. The number of aromatic nitrogens is 2. The number of carbonyl (C=O) groups is 2. The molecule has 0 saturated carbocycles. The van der Waals surface area contributed by atoms with Gasteiger partial charge in [0, 0.05) is 29.9 Å². The van der Waals surface area contributed by atoms with E-state index in [0.717, 1.165) is 5.56 Å². The Kier molecular flexibility index (Phi) is 4.70. The number of hydrogen-bond donors (Lipinski definition) is 4. The van der Waals surface area contributed by atoms with E-state index < -0.39 is 11.9 Å². The molecule has 0 bridgehead atoms. The van der Waals surface area contributed by atoms with Gasteiger partial charge in [-0.2, -0.15) is 0 Å². The van der Waals surface area contributed by atoms with E-state index in [4.69, 9.17) is 16.7 Å². The summed E-state index contributed by atoms with van der Waals surface area (Å²) in [4.78, 5) is 30.8. The molecule has 124 valence electrons. The summed E-state index contributed by atoms with van der Waals surface area (Å²) in [7, 11) is 0. The lowest BCUT2D eigenvalue weighted by molar-refractivity contribution is 0.0682. The molecule has 2 atom stereocenters. The molecule has 1 amide bonds. The zero-order valence-corrected chi connectivity index (χ0v) is 13.1. The fourth-order valence-corrected chi connectivity index (χ4v) is 2.58. The average molecular weight is 348 g/mol. The molecule has 1 aliphatic rings. The van der Waals surface area contributed by atoms with Gasteiger partial charge in [0.2, 0.25) is 0 Å². The van der Waals surface area contributed by atoms with Crippen LogP contribution in [0.25, 0.3) is 0 Å². The van der Waals surface area contributed by atoms with Crippen molar-refractivity contribution in [3.8, 4) is 0 Å². The summed E-state index contributed by atoms with van der Waals surface area (Å²) in [5.41, 5.74) is 6.46. The van der Waals surface area contributed by atoms with Gasteiger partial charge in [-0.3, -0.25) is 4.79 Å². The van der Waals surface area contributed by atoms with E-state index in [0.29, 0.717) is 11.4 Å². The molecule has 2 aromatic rings. The maximum absolute atomic E-state index is 12.3. The van der Waals surface area contributed by atoms with Crippen LogP contribution in [0.1, 0.15) is 39.0 Å². The highest BCUT2D eigenvalue weighted by Gasteiger charge is 2.28. The van der Waals surface area contributed by atoms with Gasteiger partial charge in [-0.25, -0.2) is 25.6 Å². The number of halogens is 1. The van der Waals surface area contributed by atoms with E-state index in [1.807, 2.05) is 12.1 Å². The van der Waals surface area contributed by atoms with Crippen molar-refractivity contribution in [1.29, 1.82) is 0 Å². The first-order valence-electron chi connectivity index (χ1n) is 7.16. The molecule has 1 fully saturated rings. The highest BCUT2D eigenvalue weighted by molar-refractivity contribution is 6.30. The molecule has 2 heterocycles. The van der Waals surface area contributed by atoms with Crippen LogP contribution in [0.5, 0.6) is 0 Å². The summed E-state index contributed by atoms with van der Waals surface area (Å²) >= 11 is 5.87. The summed E-state index contributed by atoms with van der Waals surface area (Å²) in [5, 5.41) is 12.4. The molecule has 0 spiro atoms. The highest BCUT2D eigenvalue weighted by atomic mass is 35.5. The third kappa shape index (κ3) is 3.51. The molecule has 0 radical (unpaired) electrons. The topological polar surface area (TPSA) is 116 Å². The smallest absolute Gasteiger partial charge is 0.356 e. The van der Waals surface area contributed by atoms with E-state index in [1.54, 1.807) is 12.1 Å². The number of aromatic carboxylic acids is 1. The minimum Gasteiger partial charge on any atom is -0.476 e. The molecule has 24 heavy (non-hydrogen) atoms. The second-order valence-corrected chi connectivity index (χ2v) is 5.65. The predicted octanol–water partition coefficient (Wildman–Crippen LogP) is 1.12. The van der Waals surface area contributed by atoms with Crippen molar-refractivity contribution >= 4 is 23.5 Å². The number of carbonyl (C=O) groups excluding carboxylic acids is 1. The Hall–Kier alpha value is -2.55. The van der Waals surface area contributed by atoms with Gasteiger partial charge in [0.1, 0.15) is 0 Å². The number of nitrogens with zero attached hydrogens (tertiary/aromatic N) is 2. The van der Waals surface area contributed by atoms with Crippen LogP contribution in [0.15, 0.2) is 36.7 Å². The van der Waals surface area contributed by atoms with Gasteiger partial charge in [0.15, 0.2) is 11.4 Å². The first kappa shape index (κ1) is 16.3. The largest absolute Gasteiger partial charge is 0.476 e. The van der Waals surface area contributed by atoms with Crippen LogP contribution in [-0.2, 0) is 0 Å². The molecule has 9 heteroatoms. The number of carboxylic acids is 1. The summed E-state index contributed by atoms with van der Waals surface area (Å²) in [6, 6.07) is 7.38. The summed E-state index contributed by atoms with van der Waals surface area (Å²) in [5.74, 6) is -1.90. The maximum Gasteiger partial charge on any atom is 0.356 e. The Balaban J connectivity index is 1.66. The quantitative estimate of drug-likeness (QED) is 0.655. The van der Waals surface area contributed by atoms with Crippen molar-refractivity contribution in [1.82, 2.24) is 26.1 Å². The number of nitrogens with one attached hydrogen (secondary N) is 3. The Bertz CT molecular complexity index is 768. The van der Waals surface area contributed by atoms with E-state index in [-0.39, 0.29) is 23.6 Å². The lowest BCUT2D eigenvalue weighted by Crippen LogP contribution is -2.44. The monoisotopic (exact) mass is 347 g/mol. The fourth-order valence-electron chi connectivity index (χ4n) is 2.45. The second-order valence-electron chi connectivity index (χ2n) is 5.21. The van der Waals surface area contributed by atoms with E-state index >= 15 is 0 Å². The van der Waals surface area contributed by atoms with Crippen molar-refractivity contribution in [3.05, 3.63) is 58.6 Å². The Morgan fingerprint density at radius 2 is 1.79 bits per heavy atom. The van der Waals surface area contributed by atoms with Gasteiger partial charge in [-0.1, -0.05) is 23.7 Å². The van der Waals surface area contributed by atoms with Gasteiger partial charge in [0.05, 0.1) is 6.17 Å². The van der Waals surface area contributed by atoms with Gasteiger partial charge in [-0.15, -0.1) is 0 Å². The lowest BCUT2D eigenvalue weighted by Gasteiger charge is -2.12. The molecular weight excluding hydrogens is 334 g/mol. The van der Waals surface area contributed by atoms with Crippen LogP contribution in [0, 0.1) is 0 Å². The van der Waals surface area contributed by atoms with Crippen molar-refractivity contribution in [2.45, 2.75) is 18.6 Å². The molecule has 8 nitrogen and oxygen atoms in total. The zero-order valence-electron chi connectivity index (χ0n) is 12.4. The molecule has 1 aromatic carbocycles. The van der Waals surface area contributed by atoms with E-state index in [2.05, 4.69) is 26.1 Å². The van der Waals surface area contributed by atoms with Crippen LogP contribution < -0.4 is 16.2 Å². The number of rotatable bonds is 4. The Labute approximate surface area is 142 Å². The van der Waals surface area contributed by atoms with Crippen LogP contribution in [0.3, 0.4) is 0 Å². The number of benzene rings is 1. The number of carboxylic acid groups (broad SMARTS) is 1. The van der Waals surface area contributed by atoms with Gasteiger partial charge >= 0.3 is 5.97 Å². The molecule has 3 rings (SSSR count). The van der Waals surface area contributed by atoms with E-state index in [9.17, 15) is 9.59 Å². The Morgan fingerprint density at radius 3 is 2.46 bits per heavy atom.